The predicted molar refractivity (Wildman–Crippen MR) is 120 cm³/mol. The average Bonchev–Trinajstić information content (AvgIpc) is 2.99. The summed E-state index contributed by atoms with van der Waals surface area (Å²) in [4.78, 5) is 22.6. The van der Waals surface area contributed by atoms with Gasteiger partial charge in [0.25, 0.3) is 0 Å². The van der Waals surface area contributed by atoms with E-state index in [2.05, 4.69) is 10.6 Å². The third-order valence-corrected chi connectivity index (χ3v) is 4.94. The number of nitrogens with two attached hydrogens (primary N) is 4. The Morgan fingerprint density at radius 2 is 1.23 bits per heavy atom. The van der Waals surface area contributed by atoms with Gasteiger partial charge in [-0.2, -0.15) is 0 Å². The van der Waals surface area contributed by atoms with Gasteiger partial charge in [0.15, 0.2) is 5.79 Å². The van der Waals surface area contributed by atoms with E-state index in [-0.39, 0.29) is 12.2 Å². The van der Waals surface area contributed by atoms with Gasteiger partial charge in [-0.05, 0) is 50.2 Å². The van der Waals surface area contributed by atoms with Gasteiger partial charge in [-0.25, -0.2) is 0 Å². The Morgan fingerprint density at radius 1 is 0.839 bits per heavy atom. The van der Waals surface area contributed by atoms with Gasteiger partial charge in [-0.15, -0.1) is 0 Å². The smallest absolute Gasteiger partial charge is 0.248 e. The van der Waals surface area contributed by atoms with Crippen LogP contribution in [-0.4, -0.2) is 42.9 Å². The SMILES string of the molecule is CC1(C)O[C@H](CNc2ccc(C(N)=O)cc2N)[C@@H](CNc2ccc(C(N)=O)cc2N)O1. The predicted octanol–water partition coefficient (Wildman–Crippen LogP) is 1.09. The van der Waals surface area contributed by atoms with Crippen LogP contribution in [0.5, 0.6) is 0 Å². The molecule has 1 heterocycles. The van der Waals surface area contributed by atoms with Crippen molar-refractivity contribution >= 4 is 34.6 Å². The second-order valence-electron chi connectivity index (χ2n) is 7.81. The number of hydrogen-bond acceptors (Lipinski definition) is 8. The lowest BCUT2D eigenvalue weighted by atomic mass is 10.1. The molecule has 1 aliphatic rings. The third-order valence-electron chi connectivity index (χ3n) is 4.94. The lowest BCUT2D eigenvalue weighted by Gasteiger charge is -2.20. The molecule has 166 valence electrons. The average molecular weight is 428 g/mol. The Labute approximate surface area is 180 Å². The number of ether oxygens (including phenoxy) is 2. The van der Waals surface area contributed by atoms with Crippen LogP contribution in [0.3, 0.4) is 0 Å². The van der Waals surface area contributed by atoms with Gasteiger partial charge in [0.1, 0.15) is 12.2 Å². The molecule has 2 aromatic carbocycles. The number of rotatable bonds is 8. The molecule has 0 unspecified atom stereocenters. The van der Waals surface area contributed by atoms with Gasteiger partial charge in [-0.1, -0.05) is 0 Å². The quantitative estimate of drug-likeness (QED) is 0.338. The van der Waals surface area contributed by atoms with E-state index in [1.807, 2.05) is 13.8 Å². The number of benzene rings is 2. The molecule has 2 aromatic rings. The van der Waals surface area contributed by atoms with Gasteiger partial charge in [0.2, 0.25) is 11.8 Å². The van der Waals surface area contributed by atoms with Gasteiger partial charge in [-0.3, -0.25) is 9.59 Å². The van der Waals surface area contributed by atoms with E-state index in [1.54, 1.807) is 24.3 Å². The highest BCUT2D eigenvalue weighted by Gasteiger charge is 2.41. The van der Waals surface area contributed by atoms with E-state index in [0.717, 1.165) is 0 Å². The highest BCUT2D eigenvalue weighted by Crippen LogP contribution is 2.30. The molecule has 0 spiro atoms. The van der Waals surface area contributed by atoms with Crippen molar-refractivity contribution in [1.82, 2.24) is 0 Å². The van der Waals surface area contributed by atoms with E-state index < -0.39 is 17.6 Å². The number of primary amides is 2. The largest absolute Gasteiger partial charge is 0.397 e. The summed E-state index contributed by atoms with van der Waals surface area (Å²) in [5, 5.41) is 6.46. The maximum atomic E-state index is 11.3. The standard InChI is InChI=1S/C21H28N6O4/c1-21(2)30-17(9-26-15-5-3-11(19(24)28)7-13(15)22)18(31-21)10-27-16-6-4-12(20(25)29)8-14(16)23/h3-8,17-18,26-27H,9-10,22-23H2,1-2H3,(H2,24,28)(H2,25,29)/t17-,18-/m1/s1. The van der Waals surface area contributed by atoms with Crippen molar-refractivity contribution in [3.05, 3.63) is 47.5 Å². The molecule has 0 saturated carbocycles. The summed E-state index contributed by atoms with van der Waals surface area (Å²) in [6, 6.07) is 9.66. The third kappa shape index (κ3) is 5.36. The van der Waals surface area contributed by atoms with Crippen molar-refractivity contribution in [2.45, 2.75) is 31.8 Å². The summed E-state index contributed by atoms with van der Waals surface area (Å²) < 4.78 is 12.0. The Hall–Kier alpha value is -3.50. The van der Waals surface area contributed by atoms with E-state index in [9.17, 15) is 9.59 Å². The summed E-state index contributed by atoms with van der Waals surface area (Å²) in [6.45, 7) is 4.52. The Balaban J connectivity index is 1.65. The summed E-state index contributed by atoms with van der Waals surface area (Å²) in [5.74, 6) is -1.84. The van der Waals surface area contributed by atoms with Crippen LogP contribution < -0.4 is 33.6 Å². The highest BCUT2D eigenvalue weighted by molar-refractivity contribution is 5.95. The Kier molecular flexibility index (Phi) is 6.23. The van der Waals surface area contributed by atoms with Crippen LogP contribution in [0.15, 0.2) is 36.4 Å². The zero-order valence-electron chi connectivity index (χ0n) is 17.5. The van der Waals surface area contributed by atoms with Crippen LogP contribution in [0, 0.1) is 0 Å². The number of hydrogen-bond donors (Lipinski definition) is 6. The molecule has 2 amide bonds. The molecule has 2 atom stereocenters. The van der Waals surface area contributed by atoms with Crippen LogP contribution in [0.1, 0.15) is 34.6 Å². The number of carbonyl (C=O) groups is 2. The van der Waals surface area contributed by atoms with Crippen LogP contribution in [0.4, 0.5) is 22.7 Å². The minimum absolute atomic E-state index is 0.288. The Bertz CT molecular complexity index is 916. The molecule has 0 radical (unpaired) electrons. The fourth-order valence-corrected chi connectivity index (χ4v) is 3.43. The lowest BCUT2D eigenvalue weighted by molar-refractivity contribution is -0.144. The van der Waals surface area contributed by atoms with Gasteiger partial charge >= 0.3 is 0 Å². The normalized spacial score (nSPS) is 19.7. The van der Waals surface area contributed by atoms with Crippen molar-refractivity contribution in [3.63, 3.8) is 0 Å². The Morgan fingerprint density at radius 3 is 1.55 bits per heavy atom. The van der Waals surface area contributed by atoms with Crippen molar-refractivity contribution in [2.24, 2.45) is 11.5 Å². The van der Waals surface area contributed by atoms with E-state index in [4.69, 9.17) is 32.4 Å². The van der Waals surface area contributed by atoms with Crippen molar-refractivity contribution in [2.75, 3.05) is 35.2 Å². The fraction of sp³-hybridized carbons (Fsp3) is 0.333. The molecule has 1 fully saturated rings. The van der Waals surface area contributed by atoms with E-state index in [1.165, 1.54) is 12.1 Å². The lowest BCUT2D eigenvalue weighted by Crippen LogP contribution is -2.35. The number of carbonyl (C=O) groups excluding carboxylic acids is 2. The molecule has 31 heavy (non-hydrogen) atoms. The molecule has 1 saturated heterocycles. The molecule has 1 aliphatic heterocycles. The van der Waals surface area contributed by atoms with Crippen molar-refractivity contribution in [3.8, 4) is 0 Å². The number of nitrogens with one attached hydrogen (secondary N) is 2. The van der Waals surface area contributed by atoms with Gasteiger partial charge in [0, 0.05) is 24.2 Å². The molecular weight excluding hydrogens is 400 g/mol. The molecule has 0 aliphatic carbocycles. The monoisotopic (exact) mass is 428 g/mol. The molecule has 0 bridgehead atoms. The number of nitrogen functional groups attached to an aromatic ring is 2. The molecule has 3 rings (SSSR count). The van der Waals surface area contributed by atoms with E-state index >= 15 is 0 Å². The first-order valence-corrected chi connectivity index (χ1v) is 9.78. The molecule has 10 heteroatoms. The summed E-state index contributed by atoms with van der Waals surface area (Å²) in [7, 11) is 0. The van der Waals surface area contributed by atoms with Crippen molar-refractivity contribution in [1.29, 1.82) is 0 Å². The molecule has 0 aromatic heterocycles. The van der Waals surface area contributed by atoms with Crippen molar-refractivity contribution < 1.29 is 19.1 Å². The second-order valence-corrected chi connectivity index (χ2v) is 7.81. The van der Waals surface area contributed by atoms with Crippen LogP contribution in [-0.2, 0) is 9.47 Å². The van der Waals surface area contributed by atoms with Crippen LogP contribution >= 0.6 is 0 Å². The zero-order chi connectivity index (χ0) is 22.8. The summed E-state index contributed by atoms with van der Waals surface area (Å²) in [5.41, 5.74) is 25.4. The van der Waals surface area contributed by atoms with Gasteiger partial charge < -0.3 is 43.0 Å². The van der Waals surface area contributed by atoms with E-state index in [0.29, 0.717) is 47.0 Å². The highest BCUT2D eigenvalue weighted by atomic mass is 16.8. The first-order valence-electron chi connectivity index (χ1n) is 9.78. The minimum atomic E-state index is -0.762. The number of amides is 2. The molecule has 10 N–H and O–H groups in total. The summed E-state index contributed by atoms with van der Waals surface area (Å²) >= 11 is 0. The van der Waals surface area contributed by atoms with Crippen LogP contribution in [0.25, 0.3) is 0 Å². The topological polar surface area (TPSA) is 181 Å². The first-order chi connectivity index (χ1) is 14.6. The van der Waals surface area contributed by atoms with Crippen LogP contribution in [0.2, 0.25) is 0 Å². The molecule has 10 nitrogen and oxygen atoms in total. The van der Waals surface area contributed by atoms with Gasteiger partial charge in [0.05, 0.1) is 22.7 Å². The minimum Gasteiger partial charge on any atom is -0.397 e. The maximum absolute atomic E-state index is 11.3. The fourth-order valence-electron chi connectivity index (χ4n) is 3.43. The first kappa shape index (κ1) is 22.2. The zero-order valence-corrected chi connectivity index (χ0v) is 17.5. The second kappa shape index (κ2) is 8.70. The molecular formula is C21H28N6O4. The summed E-state index contributed by atoms with van der Waals surface area (Å²) in [6.07, 6.45) is -0.576. The maximum Gasteiger partial charge on any atom is 0.248 e. The number of anilines is 4.